The number of nitro benzene ring substituents is 1. The van der Waals surface area contributed by atoms with Crippen LogP contribution < -0.4 is 0 Å². The van der Waals surface area contributed by atoms with Crippen LogP contribution in [0.1, 0.15) is 11.3 Å². The lowest BCUT2D eigenvalue weighted by molar-refractivity contribution is -0.384. The molecule has 0 bridgehead atoms. The molecule has 0 atom stereocenters. The van der Waals surface area contributed by atoms with Crippen molar-refractivity contribution in [3.8, 4) is 5.95 Å². The molecule has 2 heterocycles. The van der Waals surface area contributed by atoms with E-state index in [1.54, 1.807) is 29.1 Å². The molecule has 7 heteroatoms. The first-order chi connectivity index (χ1) is 13.1. The Morgan fingerprint density at radius 3 is 2.44 bits per heavy atom. The number of halogens is 1. The highest BCUT2D eigenvalue weighted by atomic mass is 19.1. The Labute approximate surface area is 153 Å². The third-order valence-corrected chi connectivity index (χ3v) is 4.10. The molecular formula is C20H13FN4O2. The van der Waals surface area contributed by atoms with Gasteiger partial charge in [0, 0.05) is 29.9 Å². The van der Waals surface area contributed by atoms with E-state index in [4.69, 9.17) is 0 Å². The predicted molar refractivity (Wildman–Crippen MR) is 101 cm³/mol. The Balaban J connectivity index is 1.84. The van der Waals surface area contributed by atoms with E-state index in [0.29, 0.717) is 17.2 Å². The topological polar surface area (TPSA) is 73.8 Å². The van der Waals surface area contributed by atoms with E-state index < -0.39 is 10.8 Å². The minimum atomic E-state index is -0.493. The molecule has 132 valence electrons. The second kappa shape index (κ2) is 6.80. The van der Waals surface area contributed by atoms with Gasteiger partial charge < -0.3 is 0 Å². The molecule has 0 aliphatic rings. The van der Waals surface area contributed by atoms with Crippen LogP contribution >= 0.6 is 0 Å². The zero-order valence-electron chi connectivity index (χ0n) is 14.0. The van der Waals surface area contributed by atoms with Crippen molar-refractivity contribution in [1.82, 2.24) is 14.5 Å². The van der Waals surface area contributed by atoms with Gasteiger partial charge in [-0.3, -0.25) is 14.7 Å². The molecular weight excluding hydrogens is 347 g/mol. The SMILES string of the molecule is O=[N+]([O-])c1ccc(/C=C(\F)c2cc3ccccc3n2-c2ncccn2)cc1. The van der Waals surface area contributed by atoms with Gasteiger partial charge in [-0.25, -0.2) is 14.4 Å². The van der Waals surface area contributed by atoms with Crippen molar-refractivity contribution in [2.45, 2.75) is 0 Å². The monoisotopic (exact) mass is 360 g/mol. The number of para-hydroxylation sites is 1. The first-order valence-corrected chi connectivity index (χ1v) is 8.13. The van der Waals surface area contributed by atoms with E-state index in [9.17, 15) is 10.1 Å². The van der Waals surface area contributed by atoms with Crippen LogP contribution in [0.5, 0.6) is 0 Å². The maximum atomic E-state index is 15.1. The largest absolute Gasteiger partial charge is 0.276 e. The minimum Gasteiger partial charge on any atom is -0.276 e. The van der Waals surface area contributed by atoms with Crippen LogP contribution in [0, 0.1) is 10.1 Å². The highest BCUT2D eigenvalue weighted by Gasteiger charge is 2.16. The molecule has 0 spiro atoms. The normalized spacial score (nSPS) is 11.7. The highest BCUT2D eigenvalue weighted by molar-refractivity contribution is 5.89. The predicted octanol–water partition coefficient (Wildman–Crippen LogP) is 4.80. The summed E-state index contributed by atoms with van der Waals surface area (Å²) in [5.74, 6) is -0.131. The van der Waals surface area contributed by atoms with Crippen LogP contribution in [0.3, 0.4) is 0 Å². The first kappa shape index (κ1) is 16.6. The van der Waals surface area contributed by atoms with Gasteiger partial charge in [0.25, 0.3) is 5.69 Å². The standard InChI is InChI=1S/C20H13FN4O2/c21-17(12-14-6-8-16(9-7-14)25(26)27)19-13-15-4-1-2-5-18(15)24(19)20-22-10-3-11-23-20/h1-13H/b17-12-. The van der Waals surface area contributed by atoms with Gasteiger partial charge >= 0.3 is 0 Å². The van der Waals surface area contributed by atoms with E-state index >= 15 is 4.39 Å². The molecule has 0 saturated carbocycles. The molecule has 6 nitrogen and oxygen atoms in total. The van der Waals surface area contributed by atoms with E-state index in [-0.39, 0.29) is 5.69 Å². The molecule has 0 N–H and O–H groups in total. The third-order valence-electron chi connectivity index (χ3n) is 4.10. The van der Waals surface area contributed by atoms with Crippen molar-refractivity contribution < 1.29 is 9.31 Å². The Kier molecular flexibility index (Phi) is 4.18. The summed E-state index contributed by atoms with van der Waals surface area (Å²) in [5.41, 5.74) is 1.56. The first-order valence-electron chi connectivity index (χ1n) is 8.13. The lowest BCUT2D eigenvalue weighted by atomic mass is 10.1. The van der Waals surface area contributed by atoms with Gasteiger partial charge in [0.2, 0.25) is 5.95 Å². The number of fused-ring (bicyclic) bond motifs is 1. The number of non-ortho nitro benzene ring substituents is 1. The van der Waals surface area contributed by atoms with Crippen molar-refractivity contribution in [2.75, 3.05) is 0 Å². The quantitative estimate of drug-likeness (QED) is 0.387. The van der Waals surface area contributed by atoms with Crippen LogP contribution in [-0.4, -0.2) is 19.5 Å². The summed E-state index contributed by atoms with van der Waals surface area (Å²) < 4.78 is 16.8. The number of rotatable bonds is 4. The van der Waals surface area contributed by atoms with Crippen LogP contribution in [-0.2, 0) is 0 Å². The summed E-state index contributed by atoms with van der Waals surface area (Å²) in [5, 5.41) is 11.6. The third kappa shape index (κ3) is 3.18. The van der Waals surface area contributed by atoms with Gasteiger partial charge in [0.15, 0.2) is 0 Å². The Bertz CT molecular complexity index is 1150. The molecule has 0 unspecified atom stereocenters. The number of nitrogens with zero attached hydrogens (tertiary/aromatic N) is 4. The van der Waals surface area contributed by atoms with Gasteiger partial charge in [-0.05, 0) is 42.0 Å². The van der Waals surface area contributed by atoms with Gasteiger partial charge in [0.05, 0.1) is 16.1 Å². The Hall–Kier alpha value is -3.87. The Morgan fingerprint density at radius 1 is 1.04 bits per heavy atom. The molecule has 0 fully saturated rings. The fraction of sp³-hybridized carbons (Fsp3) is 0. The molecule has 0 aliphatic carbocycles. The molecule has 4 rings (SSSR count). The molecule has 0 amide bonds. The minimum absolute atomic E-state index is 0.0423. The van der Waals surface area contributed by atoms with Gasteiger partial charge in [-0.15, -0.1) is 0 Å². The highest BCUT2D eigenvalue weighted by Crippen LogP contribution is 2.29. The zero-order valence-corrected chi connectivity index (χ0v) is 14.0. The summed E-state index contributed by atoms with van der Waals surface area (Å²) in [6, 6.07) is 16.6. The van der Waals surface area contributed by atoms with E-state index in [1.807, 2.05) is 24.3 Å². The van der Waals surface area contributed by atoms with Gasteiger partial charge in [0.1, 0.15) is 5.83 Å². The van der Waals surface area contributed by atoms with E-state index in [0.717, 1.165) is 10.9 Å². The summed E-state index contributed by atoms with van der Waals surface area (Å²) in [6.07, 6.45) is 4.52. The van der Waals surface area contributed by atoms with Crippen molar-refractivity contribution >= 4 is 28.5 Å². The summed E-state index contributed by atoms with van der Waals surface area (Å²) in [6.45, 7) is 0. The summed E-state index contributed by atoms with van der Waals surface area (Å²) in [7, 11) is 0. The number of aromatic nitrogens is 3. The zero-order chi connectivity index (χ0) is 18.8. The van der Waals surface area contributed by atoms with Crippen LogP contribution in [0.2, 0.25) is 0 Å². The molecule has 0 radical (unpaired) electrons. The Morgan fingerprint density at radius 2 is 1.74 bits per heavy atom. The number of hydrogen-bond donors (Lipinski definition) is 0. The maximum Gasteiger partial charge on any atom is 0.269 e. The fourth-order valence-electron chi connectivity index (χ4n) is 2.87. The molecule has 2 aromatic heterocycles. The number of hydrogen-bond acceptors (Lipinski definition) is 4. The fourth-order valence-corrected chi connectivity index (χ4v) is 2.87. The van der Waals surface area contributed by atoms with Crippen molar-refractivity contribution in [2.24, 2.45) is 0 Å². The summed E-state index contributed by atoms with van der Waals surface area (Å²) in [4.78, 5) is 18.7. The number of benzene rings is 2. The van der Waals surface area contributed by atoms with Gasteiger partial charge in [-0.2, -0.15) is 0 Å². The van der Waals surface area contributed by atoms with E-state index in [1.165, 1.54) is 30.3 Å². The molecule has 2 aromatic carbocycles. The lowest BCUT2D eigenvalue weighted by Crippen LogP contribution is -2.03. The van der Waals surface area contributed by atoms with Crippen molar-refractivity contribution in [1.29, 1.82) is 0 Å². The second-order valence-corrected chi connectivity index (χ2v) is 5.81. The summed E-state index contributed by atoms with van der Waals surface area (Å²) >= 11 is 0. The van der Waals surface area contributed by atoms with Crippen LogP contribution in [0.25, 0.3) is 28.8 Å². The average molecular weight is 360 g/mol. The molecule has 4 aromatic rings. The lowest BCUT2D eigenvalue weighted by Gasteiger charge is -2.07. The molecule has 27 heavy (non-hydrogen) atoms. The van der Waals surface area contributed by atoms with Crippen molar-refractivity contribution in [3.05, 3.63) is 94.4 Å². The number of nitro groups is 1. The molecule has 0 saturated heterocycles. The van der Waals surface area contributed by atoms with Crippen LogP contribution in [0.15, 0.2) is 73.1 Å². The average Bonchev–Trinajstić information content (AvgIpc) is 3.09. The van der Waals surface area contributed by atoms with E-state index in [2.05, 4.69) is 9.97 Å². The smallest absolute Gasteiger partial charge is 0.269 e. The maximum absolute atomic E-state index is 15.1. The molecule has 0 aliphatic heterocycles. The van der Waals surface area contributed by atoms with Crippen LogP contribution in [0.4, 0.5) is 10.1 Å². The van der Waals surface area contributed by atoms with Crippen molar-refractivity contribution in [3.63, 3.8) is 0 Å². The second-order valence-electron chi connectivity index (χ2n) is 5.81. The van der Waals surface area contributed by atoms with Gasteiger partial charge in [-0.1, -0.05) is 18.2 Å².